The Labute approximate surface area is 183 Å². The van der Waals surface area contributed by atoms with Gasteiger partial charge in [-0.25, -0.2) is 4.79 Å². The molecule has 0 bridgehead atoms. The van der Waals surface area contributed by atoms with Gasteiger partial charge in [-0.3, -0.25) is 4.99 Å². The highest BCUT2D eigenvalue weighted by atomic mass is 79.9. The molecule has 0 atom stereocenters. The molecule has 1 N–H and O–H groups in total. The highest BCUT2D eigenvalue weighted by Crippen LogP contribution is 2.45. The molecule has 1 fully saturated rings. The number of benzene rings is 2. The van der Waals surface area contributed by atoms with Gasteiger partial charge in [-0.2, -0.15) is 5.48 Å². The number of thioether (sulfide) groups is 1. The Balaban J connectivity index is 1.67. The number of allylic oxidation sites excluding steroid dienone is 1. The molecule has 4 rings (SSSR count). The van der Waals surface area contributed by atoms with E-state index in [1.54, 1.807) is 7.05 Å². The lowest BCUT2D eigenvalue weighted by atomic mass is 9.99. The number of hydrogen-bond acceptors (Lipinski definition) is 5. The van der Waals surface area contributed by atoms with Gasteiger partial charge < -0.3 is 9.74 Å². The highest BCUT2D eigenvalue weighted by molar-refractivity contribution is 9.09. The van der Waals surface area contributed by atoms with E-state index in [2.05, 4.69) is 68.8 Å². The summed E-state index contributed by atoms with van der Waals surface area (Å²) in [5.74, 6) is 0.562. The smallest absolute Gasteiger partial charge is 0.335 e. The summed E-state index contributed by atoms with van der Waals surface area (Å²) in [6.07, 6.45) is 5.77. The Kier molecular flexibility index (Phi) is 6.57. The number of nitrogens with zero attached hydrogens (tertiary/aromatic N) is 2. The summed E-state index contributed by atoms with van der Waals surface area (Å²) in [6, 6.07) is 13.0. The first kappa shape index (κ1) is 20.4. The number of alkyl halides is 1. The van der Waals surface area contributed by atoms with Gasteiger partial charge in [0.15, 0.2) is 5.17 Å². The Morgan fingerprint density at radius 2 is 2.03 bits per heavy atom. The van der Waals surface area contributed by atoms with Crippen LogP contribution < -0.4 is 10.4 Å². The molecule has 2 aliphatic rings. The molecule has 1 saturated carbocycles. The van der Waals surface area contributed by atoms with Crippen LogP contribution in [0.1, 0.15) is 30.7 Å². The van der Waals surface area contributed by atoms with E-state index in [-0.39, 0.29) is 11.7 Å². The van der Waals surface area contributed by atoms with Crippen molar-refractivity contribution in [3.05, 3.63) is 53.6 Å². The summed E-state index contributed by atoms with van der Waals surface area (Å²) in [5, 5.41) is 3.34. The van der Waals surface area contributed by atoms with Crippen LogP contribution in [0.3, 0.4) is 0 Å². The van der Waals surface area contributed by atoms with Crippen molar-refractivity contribution < 1.29 is 9.63 Å². The van der Waals surface area contributed by atoms with E-state index in [0.29, 0.717) is 17.9 Å². The first-order chi connectivity index (χ1) is 14.2. The topological polar surface area (TPSA) is 53.9 Å². The molecule has 0 radical (unpaired) electrons. The van der Waals surface area contributed by atoms with Gasteiger partial charge in [0.1, 0.15) is 5.75 Å². The van der Waals surface area contributed by atoms with Crippen LogP contribution >= 0.6 is 27.7 Å². The van der Waals surface area contributed by atoms with E-state index in [0.717, 1.165) is 17.3 Å². The van der Waals surface area contributed by atoms with Crippen molar-refractivity contribution in [2.24, 2.45) is 4.99 Å². The Bertz CT molecular complexity index is 972. The van der Waals surface area contributed by atoms with Crippen molar-refractivity contribution in [3.63, 3.8) is 0 Å². The van der Waals surface area contributed by atoms with Crippen LogP contribution in [-0.2, 0) is 9.63 Å². The van der Waals surface area contributed by atoms with Crippen LogP contribution in [0.15, 0.2) is 53.0 Å². The minimum atomic E-state index is -0.320. The fourth-order valence-corrected chi connectivity index (χ4v) is 4.81. The van der Waals surface area contributed by atoms with Crippen molar-refractivity contribution >= 4 is 55.3 Å². The van der Waals surface area contributed by atoms with Crippen molar-refractivity contribution in [2.45, 2.75) is 25.2 Å². The molecule has 152 valence electrons. The summed E-state index contributed by atoms with van der Waals surface area (Å²) in [6.45, 7) is 0.672. The molecule has 0 aromatic heterocycles. The zero-order valence-corrected chi connectivity index (χ0v) is 18.8. The van der Waals surface area contributed by atoms with Crippen molar-refractivity contribution in [1.29, 1.82) is 0 Å². The molecule has 2 aromatic carbocycles. The van der Waals surface area contributed by atoms with E-state index < -0.39 is 0 Å². The third-order valence-corrected chi connectivity index (χ3v) is 6.53. The first-order valence-electron chi connectivity index (χ1n) is 9.78. The zero-order valence-electron chi connectivity index (χ0n) is 16.4. The SMILES string of the molecule is CNOC(=O)CSC(=NCC1=CC1)N(CBr)c1ccc(C2CC2)c2ccccc12. The van der Waals surface area contributed by atoms with Gasteiger partial charge in [0.05, 0.1) is 17.7 Å². The van der Waals surface area contributed by atoms with Crippen molar-refractivity contribution in [2.75, 3.05) is 29.7 Å². The predicted octanol–water partition coefficient (Wildman–Crippen LogP) is 4.97. The maximum atomic E-state index is 11.9. The van der Waals surface area contributed by atoms with Gasteiger partial charge in [-0.05, 0) is 47.8 Å². The average molecular weight is 474 g/mol. The Hall–Kier alpha value is -1.83. The van der Waals surface area contributed by atoms with Crippen LogP contribution in [0.2, 0.25) is 0 Å². The number of anilines is 1. The number of halogens is 1. The number of carbonyl (C=O) groups excluding carboxylic acids is 1. The highest BCUT2D eigenvalue weighted by Gasteiger charge is 2.27. The summed E-state index contributed by atoms with van der Waals surface area (Å²) in [4.78, 5) is 23.7. The molecular formula is C22H24BrN3O2S. The number of hydroxylamine groups is 1. The van der Waals surface area contributed by atoms with Crippen LogP contribution in [0.25, 0.3) is 10.8 Å². The van der Waals surface area contributed by atoms with Gasteiger partial charge in [0.2, 0.25) is 0 Å². The maximum Gasteiger partial charge on any atom is 0.335 e. The molecule has 0 spiro atoms. The molecule has 29 heavy (non-hydrogen) atoms. The van der Waals surface area contributed by atoms with Gasteiger partial charge >= 0.3 is 5.97 Å². The number of hydrogen-bond donors (Lipinski definition) is 1. The fourth-order valence-electron chi connectivity index (χ4n) is 3.36. The summed E-state index contributed by atoms with van der Waals surface area (Å²) in [5.41, 5.74) is 6.90. The predicted molar refractivity (Wildman–Crippen MR) is 125 cm³/mol. The monoisotopic (exact) mass is 473 g/mol. The van der Waals surface area contributed by atoms with Gasteiger partial charge in [0, 0.05) is 12.4 Å². The number of aliphatic imine (C=N–C) groups is 1. The number of nitrogens with one attached hydrogen (secondary N) is 1. The quantitative estimate of drug-likeness (QED) is 0.146. The van der Waals surface area contributed by atoms with E-state index >= 15 is 0 Å². The number of carbonyl (C=O) groups is 1. The Morgan fingerprint density at radius 3 is 2.69 bits per heavy atom. The first-order valence-corrected chi connectivity index (χ1v) is 11.9. The van der Waals surface area contributed by atoms with E-state index in [1.807, 2.05) is 0 Å². The molecule has 0 heterocycles. The van der Waals surface area contributed by atoms with Gasteiger partial charge in [-0.15, -0.1) is 0 Å². The molecule has 2 aromatic rings. The molecule has 0 saturated heterocycles. The lowest BCUT2D eigenvalue weighted by Crippen LogP contribution is -2.29. The lowest BCUT2D eigenvalue weighted by molar-refractivity contribution is -0.146. The fraction of sp³-hybridized carbons (Fsp3) is 0.364. The third-order valence-electron chi connectivity index (χ3n) is 5.04. The summed E-state index contributed by atoms with van der Waals surface area (Å²) >= 11 is 5.05. The lowest BCUT2D eigenvalue weighted by Gasteiger charge is -2.25. The van der Waals surface area contributed by atoms with Crippen LogP contribution in [0, 0.1) is 0 Å². The minimum Gasteiger partial charge on any atom is -0.370 e. The van der Waals surface area contributed by atoms with Crippen LogP contribution in [0.4, 0.5) is 5.69 Å². The summed E-state index contributed by atoms with van der Waals surface area (Å²) in [7, 11) is 1.58. The molecule has 2 aliphatic carbocycles. The molecule has 0 amide bonds. The zero-order chi connectivity index (χ0) is 20.2. The Morgan fingerprint density at radius 1 is 1.28 bits per heavy atom. The van der Waals surface area contributed by atoms with Gasteiger partial charge in [-0.1, -0.05) is 64.1 Å². The van der Waals surface area contributed by atoms with Crippen molar-refractivity contribution in [1.82, 2.24) is 5.48 Å². The van der Waals surface area contributed by atoms with E-state index in [4.69, 9.17) is 9.83 Å². The maximum absolute atomic E-state index is 11.9. The average Bonchev–Trinajstić information content (AvgIpc) is 3.64. The molecule has 5 nitrogen and oxygen atoms in total. The van der Waals surface area contributed by atoms with Crippen LogP contribution in [0.5, 0.6) is 0 Å². The molecule has 7 heteroatoms. The third kappa shape index (κ3) is 5.02. The number of amidine groups is 1. The van der Waals surface area contributed by atoms with E-state index in [9.17, 15) is 4.79 Å². The van der Waals surface area contributed by atoms with E-state index in [1.165, 1.54) is 46.5 Å². The molecule has 0 unspecified atom stereocenters. The van der Waals surface area contributed by atoms with Crippen molar-refractivity contribution in [3.8, 4) is 0 Å². The second-order valence-electron chi connectivity index (χ2n) is 7.17. The number of fused-ring (bicyclic) bond motifs is 1. The minimum absolute atomic E-state index is 0.195. The second-order valence-corrected chi connectivity index (χ2v) is 8.62. The largest absolute Gasteiger partial charge is 0.370 e. The number of rotatable bonds is 8. The normalized spacial score (nSPS) is 15.9. The van der Waals surface area contributed by atoms with Gasteiger partial charge in [0.25, 0.3) is 0 Å². The standard InChI is InChI=1S/C22H24BrN3O2S/c1-24-28-21(27)13-29-22(25-12-15-6-7-15)26(14-23)20-11-10-17(16-8-9-16)18-4-2-3-5-19(18)20/h2-6,10-11,16,24H,7-9,12-14H2,1H3. The molecule has 0 aliphatic heterocycles. The summed E-state index contributed by atoms with van der Waals surface area (Å²) < 4.78 is 0. The second kappa shape index (κ2) is 9.32. The van der Waals surface area contributed by atoms with Crippen LogP contribution in [-0.4, -0.2) is 35.9 Å². The molecular weight excluding hydrogens is 450 g/mol.